The van der Waals surface area contributed by atoms with Crippen molar-refractivity contribution in [1.29, 1.82) is 0 Å². The Morgan fingerprint density at radius 3 is 2.32 bits per heavy atom. The summed E-state index contributed by atoms with van der Waals surface area (Å²) in [6.45, 7) is -0.424. The van der Waals surface area contributed by atoms with E-state index in [1.807, 2.05) is 0 Å². The average molecular weight is 404 g/mol. The Labute approximate surface area is 144 Å². The highest BCUT2D eigenvalue weighted by atomic mass is 79.9. The zero-order valence-corrected chi connectivity index (χ0v) is 14.1. The van der Waals surface area contributed by atoms with E-state index in [-0.39, 0.29) is 15.9 Å². The molecule has 0 aliphatic rings. The maximum Gasteiger partial charge on any atom is 0.338 e. The lowest BCUT2D eigenvalue weighted by atomic mass is 10.3. The van der Waals surface area contributed by atoms with Gasteiger partial charge >= 0.3 is 5.97 Å². The molecule has 0 unspecified atom stereocenters. The van der Waals surface area contributed by atoms with Crippen LogP contribution < -0.4 is 5.32 Å². The minimum atomic E-state index is -0.711. The van der Waals surface area contributed by atoms with Crippen LogP contribution in [0.25, 0.3) is 0 Å². The standard InChI is InChI=1S/C14H9BrCl2N2O3/c15-9-1-3-10(4-2-9)18-13(20)7-22-14(21)8-5-11(16)19-12(17)6-8/h1-6H,7H2,(H,18,20). The van der Waals surface area contributed by atoms with E-state index in [0.29, 0.717) is 5.69 Å². The molecule has 0 saturated carbocycles. The summed E-state index contributed by atoms with van der Waals surface area (Å²) in [7, 11) is 0. The molecular weight excluding hydrogens is 395 g/mol. The summed E-state index contributed by atoms with van der Waals surface area (Å²) in [5, 5.41) is 2.73. The smallest absolute Gasteiger partial charge is 0.338 e. The Bertz CT molecular complexity index is 687. The quantitative estimate of drug-likeness (QED) is 0.619. The molecule has 2 rings (SSSR count). The average Bonchev–Trinajstić information content (AvgIpc) is 2.46. The van der Waals surface area contributed by atoms with Gasteiger partial charge in [0, 0.05) is 10.2 Å². The number of ether oxygens (including phenoxy) is 1. The number of anilines is 1. The van der Waals surface area contributed by atoms with E-state index < -0.39 is 18.5 Å². The van der Waals surface area contributed by atoms with Crippen molar-refractivity contribution in [3.05, 3.63) is 56.7 Å². The predicted molar refractivity (Wildman–Crippen MR) is 87.3 cm³/mol. The molecular formula is C14H9BrCl2N2O3. The fourth-order valence-corrected chi connectivity index (χ4v) is 2.25. The fourth-order valence-electron chi connectivity index (χ4n) is 1.53. The van der Waals surface area contributed by atoms with Crippen LogP contribution in [0, 0.1) is 0 Å². The number of amides is 1. The number of pyridine rings is 1. The Hall–Kier alpha value is -1.63. The molecule has 2 aromatic rings. The van der Waals surface area contributed by atoms with E-state index in [0.717, 1.165) is 4.47 Å². The zero-order chi connectivity index (χ0) is 16.1. The monoisotopic (exact) mass is 402 g/mol. The van der Waals surface area contributed by atoms with Gasteiger partial charge in [-0.15, -0.1) is 0 Å². The first-order chi connectivity index (χ1) is 10.4. The molecule has 0 bridgehead atoms. The number of carbonyl (C=O) groups is 2. The normalized spacial score (nSPS) is 10.1. The number of rotatable bonds is 4. The Morgan fingerprint density at radius 1 is 1.14 bits per heavy atom. The number of aromatic nitrogens is 1. The topological polar surface area (TPSA) is 68.3 Å². The van der Waals surface area contributed by atoms with Crippen LogP contribution in [0.15, 0.2) is 40.9 Å². The maximum atomic E-state index is 11.8. The first kappa shape index (κ1) is 16.7. The lowest BCUT2D eigenvalue weighted by Gasteiger charge is -2.07. The van der Waals surface area contributed by atoms with Crippen LogP contribution in [-0.2, 0) is 9.53 Å². The summed E-state index contributed by atoms with van der Waals surface area (Å²) in [6.07, 6.45) is 0. The Morgan fingerprint density at radius 2 is 1.73 bits per heavy atom. The van der Waals surface area contributed by atoms with Gasteiger partial charge in [-0.1, -0.05) is 39.1 Å². The molecule has 0 spiro atoms. The highest BCUT2D eigenvalue weighted by Crippen LogP contribution is 2.16. The van der Waals surface area contributed by atoms with Crippen molar-refractivity contribution < 1.29 is 14.3 Å². The molecule has 0 atom stereocenters. The van der Waals surface area contributed by atoms with Gasteiger partial charge in [-0.05, 0) is 36.4 Å². The van der Waals surface area contributed by atoms with Crippen LogP contribution in [0.1, 0.15) is 10.4 Å². The van der Waals surface area contributed by atoms with Crippen LogP contribution in [0.3, 0.4) is 0 Å². The number of esters is 1. The Balaban J connectivity index is 1.90. The van der Waals surface area contributed by atoms with Crippen molar-refractivity contribution in [3.63, 3.8) is 0 Å². The number of halogens is 3. The van der Waals surface area contributed by atoms with Crippen molar-refractivity contribution in [3.8, 4) is 0 Å². The molecule has 1 heterocycles. The largest absolute Gasteiger partial charge is 0.452 e. The zero-order valence-electron chi connectivity index (χ0n) is 11.0. The second-order valence-corrected chi connectivity index (χ2v) is 5.82. The van der Waals surface area contributed by atoms with E-state index in [4.69, 9.17) is 27.9 Å². The summed E-state index contributed by atoms with van der Waals surface area (Å²) in [6, 6.07) is 9.61. The van der Waals surface area contributed by atoms with Crippen LogP contribution in [0.5, 0.6) is 0 Å². The molecule has 0 aliphatic heterocycles. The minimum Gasteiger partial charge on any atom is -0.452 e. The highest BCUT2D eigenvalue weighted by Gasteiger charge is 2.12. The van der Waals surface area contributed by atoms with Crippen molar-refractivity contribution in [2.75, 3.05) is 11.9 Å². The van der Waals surface area contributed by atoms with E-state index >= 15 is 0 Å². The lowest BCUT2D eigenvalue weighted by Crippen LogP contribution is -2.20. The summed E-state index contributed by atoms with van der Waals surface area (Å²) in [5.41, 5.74) is 0.723. The first-order valence-electron chi connectivity index (χ1n) is 5.99. The first-order valence-corrected chi connectivity index (χ1v) is 7.54. The molecule has 0 aliphatic carbocycles. The van der Waals surface area contributed by atoms with Crippen LogP contribution in [0.4, 0.5) is 5.69 Å². The van der Waals surface area contributed by atoms with Gasteiger partial charge in [-0.2, -0.15) is 0 Å². The molecule has 8 heteroatoms. The Kier molecular flexibility index (Phi) is 5.76. The summed E-state index contributed by atoms with van der Waals surface area (Å²) >= 11 is 14.7. The highest BCUT2D eigenvalue weighted by molar-refractivity contribution is 9.10. The molecule has 0 fully saturated rings. The molecule has 0 radical (unpaired) electrons. The minimum absolute atomic E-state index is 0.0683. The predicted octanol–water partition coefficient (Wildman–Crippen LogP) is 3.95. The molecule has 1 N–H and O–H groups in total. The van der Waals surface area contributed by atoms with Gasteiger partial charge in [0.25, 0.3) is 5.91 Å². The van der Waals surface area contributed by atoms with E-state index in [2.05, 4.69) is 26.2 Å². The number of hydrogen-bond acceptors (Lipinski definition) is 4. The van der Waals surface area contributed by atoms with Crippen molar-refractivity contribution in [1.82, 2.24) is 4.98 Å². The van der Waals surface area contributed by atoms with Gasteiger partial charge in [0.15, 0.2) is 6.61 Å². The number of benzene rings is 1. The molecule has 5 nitrogen and oxygen atoms in total. The second-order valence-electron chi connectivity index (χ2n) is 4.13. The van der Waals surface area contributed by atoms with Gasteiger partial charge in [0.1, 0.15) is 10.3 Å². The third-order valence-corrected chi connectivity index (χ3v) is 3.38. The van der Waals surface area contributed by atoms with Gasteiger partial charge < -0.3 is 10.1 Å². The third-order valence-electron chi connectivity index (χ3n) is 2.46. The fraction of sp³-hybridized carbons (Fsp3) is 0.0714. The summed E-state index contributed by atoms with van der Waals surface area (Å²) in [5.74, 6) is -1.17. The molecule has 1 amide bonds. The molecule has 22 heavy (non-hydrogen) atoms. The number of carbonyl (C=O) groups excluding carboxylic acids is 2. The lowest BCUT2D eigenvalue weighted by molar-refractivity contribution is -0.119. The number of hydrogen-bond donors (Lipinski definition) is 1. The number of nitrogens with one attached hydrogen (secondary N) is 1. The molecule has 1 aromatic heterocycles. The second kappa shape index (κ2) is 7.58. The van der Waals surface area contributed by atoms with Crippen LogP contribution >= 0.6 is 39.1 Å². The van der Waals surface area contributed by atoms with Gasteiger partial charge in [0.2, 0.25) is 0 Å². The number of nitrogens with zero attached hydrogens (tertiary/aromatic N) is 1. The maximum absolute atomic E-state index is 11.8. The van der Waals surface area contributed by atoms with E-state index in [1.54, 1.807) is 24.3 Å². The summed E-state index contributed by atoms with van der Waals surface area (Å²) in [4.78, 5) is 27.2. The van der Waals surface area contributed by atoms with Gasteiger partial charge in [0.05, 0.1) is 5.56 Å². The van der Waals surface area contributed by atoms with Crippen LogP contribution in [-0.4, -0.2) is 23.5 Å². The molecule has 114 valence electrons. The van der Waals surface area contributed by atoms with Crippen molar-refractivity contribution in [2.24, 2.45) is 0 Å². The SMILES string of the molecule is O=C(COC(=O)c1cc(Cl)nc(Cl)c1)Nc1ccc(Br)cc1. The van der Waals surface area contributed by atoms with Gasteiger partial charge in [-0.25, -0.2) is 9.78 Å². The van der Waals surface area contributed by atoms with Crippen LogP contribution in [0.2, 0.25) is 10.3 Å². The third kappa shape index (κ3) is 4.98. The van der Waals surface area contributed by atoms with E-state index in [1.165, 1.54) is 12.1 Å². The van der Waals surface area contributed by atoms with Crippen molar-refractivity contribution >= 4 is 56.7 Å². The summed E-state index contributed by atoms with van der Waals surface area (Å²) < 4.78 is 5.78. The molecule has 1 aromatic carbocycles. The van der Waals surface area contributed by atoms with E-state index in [9.17, 15) is 9.59 Å². The van der Waals surface area contributed by atoms with Crippen molar-refractivity contribution in [2.45, 2.75) is 0 Å². The molecule has 0 saturated heterocycles. The van der Waals surface area contributed by atoms with Gasteiger partial charge in [-0.3, -0.25) is 4.79 Å².